The van der Waals surface area contributed by atoms with Gasteiger partial charge in [0.15, 0.2) is 11.4 Å². The zero-order chi connectivity index (χ0) is 17.7. The van der Waals surface area contributed by atoms with Gasteiger partial charge in [0.25, 0.3) is 0 Å². The summed E-state index contributed by atoms with van der Waals surface area (Å²) in [5.74, 6) is 0.433. The number of nitrogens with zero attached hydrogens (tertiary/aromatic N) is 1. The highest BCUT2D eigenvalue weighted by atomic mass is 16.5. The minimum Gasteiger partial charge on any atom is -0.506 e. The van der Waals surface area contributed by atoms with E-state index < -0.39 is 5.60 Å². The molecule has 128 valence electrons. The van der Waals surface area contributed by atoms with Crippen LogP contribution in [0.1, 0.15) is 44.7 Å². The molecule has 1 aliphatic rings. The number of hydrogen-bond donors (Lipinski definition) is 2. The predicted molar refractivity (Wildman–Crippen MR) is 89.3 cm³/mol. The van der Waals surface area contributed by atoms with Crippen LogP contribution in [0.15, 0.2) is 24.0 Å². The Morgan fingerprint density at radius 3 is 2.88 bits per heavy atom. The van der Waals surface area contributed by atoms with Crippen LogP contribution in [0, 0.1) is 11.3 Å². The molecule has 0 atom stereocenters. The summed E-state index contributed by atoms with van der Waals surface area (Å²) in [6.45, 7) is 6.17. The second kappa shape index (κ2) is 7.26. The van der Waals surface area contributed by atoms with E-state index in [1.807, 2.05) is 0 Å². The van der Waals surface area contributed by atoms with Crippen LogP contribution >= 0.6 is 0 Å². The van der Waals surface area contributed by atoms with Crippen molar-refractivity contribution in [2.24, 2.45) is 0 Å². The molecule has 0 aromatic heterocycles. The molecule has 6 heteroatoms. The van der Waals surface area contributed by atoms with E-state index in [0.29, 0.717) is 48.6 Å². The fraction of sp³-hybridized carbons (Fsp3) is 0.444. The first-order valence-corrected chi connectivity index (χ1v) is 7.95. The first-order chi connectivity index (χ1) is 11.4. The SMILES string of the molecule is CCOC(=O)CCCNC1=C(O)C(C)(C)Oc2ccc(C#N)cc21. The van der Waals surface area contributed by atoms with Crippen LogP contribution in [0.2, 0.25) is 0 Å². The fourth-order valence-corrected chi connectivity index (χ4v) is 2.49. The molecule has 1 aliphatic heterocycles. The number of rotatable bonds is 6. The number of nitriles is 1. The van der Waals surface area contributed by atoms with Crippen LogP contribution in [-0.4, -0.2) is 29.8 Å². The minimum atomic E-state index is -0.870. The lowest BCUT2D eigenvalue weighted by Crippen LogP contribution is -2.37. The van der Waals surface area contributed by atoms with Crippen LogP contribution in [0.25, 0.3) is 5.70 Å². The molecule has 0 radical (unpaired) electrons. The lowest BCUT2D eigenvalue weighted by atomic mass is 9.95. The van der Waals surface area contributed by atoms with Gasteiger partial charge < -0.3 is 19.9 Å². The maximum atomic E-state index is 11.4. The molecule has 0 saturated carbocycles. The Kier molecular flexibility index (Phi) is 5.35. The number of nitrogens with one attached hydrogen (secondary N) is 1. The zero-order valence-corrected chi connectivity index (χ0v) is 14.2. The van der Waals surface area contributed by atoms with Crippen LogP contribution in [0.3, 0.4) is 0 Å². The van der Waals surface area contributed by atoms with Crippen molar-refractivity contribution < 1.29 is 19.4 Å². The lowest BCUT2D eigenvalue weighted by Gasteiger charge is -2.34. The summed E-state index contributed by atoms with van der Waals surface area (Å²) in [7, 11) is 0. The standard InChI is InChI=1S/C18H22N2O4/c1-4-23-15(21)6-5-9-20-16-13-10-12(11-19)7-8-14(13)24-18(2,3)17(16)22/h7-8,10,20,22H,4-6,9H2,1-3H3. The summed E-state index contributed by atoms with van der Waals surface area (Å²) in [4.78, 5) is 11.4. The van der Waals surface area contributed by atoms with Gasteiger partial charge in [-0.1, -0.05) is 0 Å². The number of hydrogen-bond acceptors (Lipinski definition) is 6. The average Bonchev–Trinajstić information content (AvgIpc) is 2.54. The Labute approximate surface area is 141 Å². The van der Waals surface area contributed by atoms with Crippen LogP contribution in [-0.2, 0) is 9.53 Å². The molecule has 1 aromatic carbocycles. The smallest absolute Gasteiger partial charge is 0.305 e. The van der Waals surface area contributed by atoms with Gasteiger partial charge in [0, 0.05) is 18.5 Å². The van der Waals surface area contributed by atoms with Gasteiger partial charge >= 0.3 is 5.97 Å². The number of ether oxygens (including phenoxy) is 2. The first kappa shape index (κ1) is 17.7. The van der Waals surface area contributed by atoms with E-state index in [1.165, 1.54) is 0 Å². The largest absolute Gasteiger partial charge is 0.506 e. The van der Waals surface area contributed by atoms with Gasteiger partial charge in [-0.3, -0.25) is 4.79 Å². The highest BCUT2D eigenvalue weighted by Crippen LogP contribution is 2.38. The molecule has 0 spiro atoms. The number of benzene rings is 1. The van der Waals surface area contributed by atoms with Crippen LogP contribution in [0.5, 0.6) is 5.75 Å². The third-order valence-electron chi connectivity index (χ3n) is 3.71. The maximum absolute atomic E-state index is 11.4. The molecule has 0 unspecified atom stereocenters. The number of aliphatic hydroxyl groups excluding tert-OH is 1. The highest BCUT2D eigenvalue weighted by molar-refractivity contribution is 5.75. The van der Waals surface area contributed by atoms with Crippen molar-refractivity contribution in [2.75, 3.05) is 13.2 Å². The number of fused-ring (bicyclic) bond motifs is 1. The Morgan fingerprint density at radius 2 is 2.21 bits per heavy atom. The second-order valence-corrected chi connectivity index (χ2v) is 5.99. The van der Waals surface area contributed by atoms with E-state index in [2.05, 4.69) is 11.4 Å². The summed E-state index contributed by atoms with van der Waals surface area (Å²) < 4.78 is 10.7. The van der Waals surface area contributed by atoms with Crippen molar-refractivity contribution in [3.05, 3.63) is 35.1 Å². The third-order valence-corrected chi connectivity index (χ3v) is 3.71. The van der Waals surface area contributed by atoms with Crippen molar-refractivity contribution in [3.63, 3.8) is 0 Å². The topological polar surface area (TPSA) is 91.6 Å². The predicted octanol–water partition coefficient (Wildman–Crippen LogP) is 2.89. The number of esters is 1. The average molecular weight is 330 g/mol. The maximum Gasteiger partial charge on any atom is 0.305 e. The molecule has 1 heterocycles. The van der Waals surface area contributed by atoms with Crippen LogP contribution < -0.4 is 10.1 Å². The summed E-state index contributed by atoms with van der Waals surface area (Å²) in [6, 6.07) is 7.16. The van der Waals surface area contributed by atoms with Gasteiger partial charge in [0.05, 0.1) is 23.9 Å². The van der Waals surface area contributed by atoms with Crippen molar-refractivity contribution in [3.8, 4) is 11.8 Å². The van der Waals surface area contributed by atoms with Crippen molar-refractivity contribution in [2.45, 2.75) is 39.2 Å². The minimum absolute atomic E-state index is 0.0706. The Hall–Kier alpha value is -2.68. The van der Waals surface area contributed by atoms with Gasteiger partial charge in [0.2, 0.25) is 0 Å². The molecule has 1 aromatic rings. The molecular formula is C18H22N2O4. The number of carbonyl (C=O) groups excluding carboxylic acids is 1. The summed E-state index contributed by atoms with van der Waals surface area (Å²) in [5, 5.41) is 22.8. The van der Waals surface area contributed by atoms with E-state index in [4.69, 9.17) is 14.7 Å². The van der Waals surface area contributed by atoms with E-state index >= 15 is 0 Å². The lowest BCUT2D eigenvalue weighted by molar-refractivity contribution is -0.143. The number of aliphatic hydroxyl groups is 1. The second-order valence-electron chi connectivity index (χ2n) is 5.99. The van der Waals surface area contributed by atoms with E-state index in [-0.39, 0.29) is 11.7 Å². The molecule has 6 nitrogen and oxygen atoms in total. The van der Waals surface area contributed by atoms with Gasteiger partial charge in [0.1, 0.15) is 5.75 Å². The Morgan fingerprint density at radius 1 is 1.46 bits per heavy atom. The van der Waals surface area contributed by atoms with E-state index in [9.17, 15) is 9.90 Å². The van der Waals surface area contributed by atoms with Gasteiger partial charge in [-0.15, -0.1) is 0 Å². The summed E-state index contributed by atoms with van der Waals surface area (Å²) in [5.41, 5.74) is 0.782. The molecule has 2 N–H and O–H groups in total. The van der Waals surface area contributed by atoms with Crippen molar-refractivity contribution in [1.29, 1.82) is 5.26 Å². The summed E-state index contributed by atoms with van der Waals surface area (Å²) in [6.07, 6.45) is 0.879. The van der Waals surface area contributed by atoms with Gasteiger partial charge in [-0.2, -0.15) is 5.26 Å². The van der Waals surface area contributed by atoms with Gasteiger partial charge in [-0.05, 0) is 45.4 Å². The molecular weight excluding hydrogens is 308 g/mol. The molecule has 0 saturated heterocycles. The number of carbonyl (C=O) groups is 1. The Bertz CT molecular complexity index is 701. The zero-order valence-electron chi connectivity index (χ0n) is 14.2. The normalized spacial score (nSPS) is 15.1. The molecule has 24 heavy (non-hydrogen) atoms. The van der Waals surface area contributed by atoms with E-state index in [1.54, 1.807) is 39.0 Å². The molecule has 0 amide bonds. The Balaban J connectivity index is 2.17. The first-order valence-electron chi connectivity index (χ1n) is 7.95. The van der Waals surface area contributed by atoms with Crippen LogP contribution in [0.4, 0.5) is 0 Å². The van der Waals surface area contributed by atoms with Crippen molar-refractivity contribution >= 4 is 11.7 Å². The fourth-order valence-electron chi connectivity index (χ4n) is 2.49. The quantitative estimate of drug-likeness (QED) is 0.615. The van der Waals surface area contributed by atoms with Gasteiger partial charge in [-0.25, -0.2) is 0 Å². The molecule has 0 fully saturated rings. The third kappa shape index (κ3) is 3.80. The van der Waals surface area contributed by atoms with Crippen molar-refractivity contribution in [1.82, 2.24) is 5.32 Å². The van der Waals surface area contributed by atoms with E-state index in [0.717, 1.165) is 0 Å². The monoisotopic (exact) mass is 330 g/mol. The molecule has 0 bridgehead atoms. The molecule has 2 rings (SSSR count). The summed E-state index contributed by atoms with van der Waals surface area (Å²) >= 11 is 0. The highest BCUT2D eigenvalue weighted by Gasteiger charge is 2.35. The molecule has 0 aliphatic carbocycles.